The largest absolute Gasteiger partial charge is 0.390 e. The Bertz CT molecular complexity index is 183. The fraction of sp³-hybridized carbons (Fsp3) is 1.00. The molecule has 15 heavy (non-hydrogen) atoms. The normalized spacial score (nSPS) is 31.2. The van der Waals surface area contributed by atoms with Crippen molar-refractivity contribution in [2.24, 2.45) is 5.92 Å². The third kappa shape index (κ3) is 4.12. The highest BCUT2D eigenvalue weighted by Crippen LogP contribution is 2.29. The fourth-order valence-corrected chi connectivity index (χ4v) is 2.55. The molecule has 0 spiro atoms. The van der Waals surface area contributed by atoms with Crippen molar-refractivity contribution >= 4 is 0 Å². The summed E-state index contributed by atoms with van der Waals surface area (Å²) in [5.74, 6) is 0.656. The van der Waals surface area contributed by atoms with Crippen LogP contribution in [0.4, 0.5) is 0 Å². The van der Waals surface area contributed by atoms with E-state index in [1.54, 1.807) is 0 Å². The number of aliphatic hydroxyl groups is 1. The van der Waals surface area contributed by atoms with Crippen LogP contribution in [-0.2, 0) is 0 Å². The molecule has 1 saturated heterocycles. The lowest BCUT2D eigenvalue weighted by Crippen LogP contribution is -2.32. The lowest BCUT2D eigenvalue weighted by atomic mass is 9.84. The molecule has 1 heterocycles. The number of hydrogen-bond donors (Lipinski definition) is 1. The summed E-state index contributed by atoms with van der Waals surface area (Å²) in [5.41, 5.74) is -0.376. The van der Waals surface area contributed by atoms with Crippen LogP contribution < -0.4 is 0 Å². The van der Waals surface area contributed by atoms with Crippen LogP contribution >= 0.6 is 0 Å². The molecule has 0 amide bonds. The van der Waals surface area contributed by atoms with Crippen molar-refractivity contribution in [3.05, 3.63) is 0 Å². The van der Waals surface area contributed by atoms with Gasteiger partial charge in [0.1, 0.15) is 0 Å². The van der Waals surface area contributed by atoms with Gasteiger partial charge in [0.2, 0.25) is 0 Å². The third-order valence-corrected chi connectivity index (χ3v) is 3.88. The van der Waals surface area contributed by atoms with Crippen LogP contribution in [0.2, 0.25) is 0 Å². The Hall–Kier alpha value is -0.0800. The minimum absolute atomic E-state index is 0.376. The maximum absolute atomic E-state index is 10.5. The van der Waals surface area contributed by atoms with Crippen LogP contribution in [0.5, 0.6) is 0 Å². The summed E-state index contributed by atoms with van der Waals surface area (Å²) in [6, 6.07) is 0. The van der Waals surface area contributed by atoms with Gasteiger partial charge in [-0.1, -0.05) is 27.2 Å². The second-order valence-electron chi connectivity index (χ2n) is 5.23. The van der Waals surface area contributed by atoms with E-state index >= 15 is 0 Å². The molecule has 1 fully saturated rings. The topological polar surface area (TPSA) is 23.5 Å². The van der Waals surface area contributed by atoms with E-state index in [4.69, 9.17) is 0 Å². The monoisotopic (exact) mass is 213 g/mol. The minimum Gasteiger partial charge on any atom is -0.390 e. The van der Waals surface area contributed by atoms with E-state index in [0.717, 1.165) is 38.8 Å². The highest BCUT2D eigenvalue weighted by atomic mass is 16.3. The van der Waals surface area contributed by atoms with E-state index in [1.165, 1.54) is 13.0 Å². The van der Waals surface area contributed by atoms with Crippen molar-refractivity contribution < 1.29 is 5.11 Å². The number of likely N-dealkylation sites (tertiary alicyclic amines) is 1. The van der Waals surface area contributed by atoms with Gasteiger partial charge in [0.25, 0.3) is 0 Å². The number of rotatable bonds is 4. The van der Waals surface area contributed by atoms with Gasteiger partial charge in [-0.15, -0.1) is 0 Å². The Morgan fingerprint density at radius 2 is 2.00 bits per heavy atom. The predicted octanol–water partition coefficient (Wildman–Crippen LogP) is 2.66. The smallest absolute Gasteiger partial charge is 0.0663 e. The second kappa shape index (κ2) is 5.86. The Balaban J connectivity index is 2.46. The van der Waals surface area contributed by atoms with E-state index in [2.05, 4.69) is 25.7 Å². The van der Waals surface area contributed by atoms with Gasteiger partial charge >= 0.3 is 0 Å². The molecule has 1 aliphatic heterocycles. The molecule has 90 valence electrons. The van der Waals surface area contributed by atoms with Gasteiger partial charge in [-0.25, -0.2) is 0 Å². The SMILES string of the molecule is CCC(C)CC1(O)CCCN(CC)CC1. The van der Waals surface area contributed by atoms with E-state index in [-0.39, 0.29) is 5.60 Å². The zero-order valence-electron chi connectivity index (χ0n) is 10.6. The van der Waals surface area contributed by atoms with Crippen LogP contribution in [-0.4, -0.2) is 35.2 Å². The summed E-state index contributed by atoms with van der Waals surface area (Å²) in [6.07, 6.45) is 5.28. The molecule has 0 aliphatic carbocycles. The van der Waals surface area contributed by atoms with E-state index in [9.17, 15) is 5.11 Å². The van der Waals surface area contributed by atoms with Crippen molar-refractivity contribution in [2.45, 2.75) is 58.5 Å². The van der Waals surface area contributed by atoms with Gasteiger partial charge in [-0.2, -0.15) is 0 Å². The van der Waals surface area contributed by atoms with Crippen molar-refractivity contribution in [3.8, 4) is 0 Å². The molecule has 0 aromatic rings. The van der Waals surface area contributed by atoms with Gasteiger partial charge in [-0.3, -0.25) is 0 Å². The van der Waals surface area contributed by atoms with Crippen LogP contribution in [0.1, 0.15) is 52.9 Å². The predicted molar refractivity (Wildman–Crippen MR) is 65.0 cm³/mol. The Labute approximate surface area is 94.7 Å². The molecule has 0 saturated carbocycles. The quantitative estimate of drug-likeness (QED) is 0.776. The van der Waals surface area contributed by atoms with E-state index < -0.39 is 0 Å². The molecule has 0 radical (unpaired) electrons. The molecule has 0 aromatic carbocycles. The lowest BCUT2D eigenvalue weighted by Gasteiger charge is -2.29. The Kier molecular flexibility index (Phi) is 5.07. The van der Waals surface area contributed by atoms with Crippen molar-refractivity contribution in [1.29, 1.82) is 0 Å². The summed E-state index contributed by atoms with van der Waals surface area (Å²) in [6.45, 7) is 10.0. The summed E-state index contributed by atoms with van der Waals surface area (Å²) in [4.78, 5) is 2.45. The first kappa shape index (κ1) is 13.0. The van der Waals surface area contributed by atoms with Gasteiger partial charge in [0.05, 0.1) is 5.60 Å². The lowest BCUT2D eigenvalue weighted by molar-refractivity contribution is 0.00352. The van der Waals surface area contributed by atoms with E-state index in [0.29, 0.717) is 5.92 Å². The molecule has 2 atom stereocenters. The number of hydrogen-bond acceptors (Lipinski definition) is 2. The molecule has 1 N–H and O–H groups in total. The molecule has 1 aliphatic rings. The van der Waals surface area contributed by atoms with Crippen LogP contribution in [0.3, 0.4) is 0 Å². The third-order valence-electron chi connectivity index (χ3n) is 3.88. The summed E-state index contributed by atoms with van der Waals surface area (Å²) in [7, 11) is 0. The average Bonchev–Trinajstić information content (AvgIpc) is 2.40. The standard InChI is InChI=1S/C13H27NO/c1-4-12(3)11-13(15)7-6-9-14(5-2)10-8-13/h12,15H,4-11H2,1-3H3. The van der Waals surface area contributed by atoms with Crippen molar-refractivity contribution in [1.82, 2.24) is 4.90 Å². The van der Waals surface area contributed by atoms with E-state index in [1.807, 2.05) is 0 Å². The second-order valence-corrected chi connectivity index (χ2v) is 5.23. The van der Waals surface area contributed by atoms with Gasteiger partial charge < -0.3 is 10.0 Å². The van der Waals surface area contributed by atoms with Gasteiger partial charge in [0, 0.05) is 6.54 Å². The fourth-order valence-electron chi connectivity index (χ4n) is 2.55. The first-order chi connectivity index (χ1) is 7.09. The molecule has 2 nitrogen and oxygen atoms in total. The Morgan fingerprint density at radius 3 is 2.60 bits per heavy atom. The molecular formula is C13H27NO. The molecule has 1 rings (SSSR count). The van der Waals surface area contributed by atoms with Gasteiger partial charge in [0.15, 0.2) is 0 Å². The van der Waals surface area contributed by atoms with Crippen LogP contribution in [0, 0.1) is 5.92 Å². The summed E-state index contributed by atoms with van der Waals surface area (Å²) in [5, 5.41) is 10.5. The maximum atomic E-state index is 10.5. The zero-order valence-corrected chi connectivity index (χ0v) is 10.6. The van der Waals surface area contributed by atoms with Crippen molar-refractivity contribution in [3.63, 3.8) is 0 Å². The first-order valence-corrected chi connectivity index (χ1v) is 6.54. The molecule has 0 aromatic heterocycles. The van der Waals surface area contributed by atoms with Crippen molar-refractivity contribution in [2.75, 3.05) is 19.6 Å². The molecule has 2 heteroatoms. The highest BCUT2D eigenvalue weighted by Gasteiger charge is 2.30. The zero-order chi connectivity index (χ0) is 11.3. The van der Waals surface area contributed by atoms with Gasteiger partial charge in [-0.05, 0) is 44.7 Å². The van der Waals surface area contributed by atoms with Crippen LogP contribution in [0.25, 0.3) is 0 Å². The molecule has 2 unspecified atom stereocenters. The first-order valence-electron chi connectivity index (χ1n) is 6.54. The Morgan fingerprint density at radius 1 is 1.27 bits per heavy atom. The average molecular weight is 213 g/mol. The highest BCUT2D eigenvalue weighted by molar-refractivity contribution is 4.84. The molecular weight excluding hydrogens is 186 g/mol. The minimum atomic E-state index is -0.376. The number of nitrogens with zero attached hydrogens (tertiary/aromatic N) is 1. The summed E-state index contributed by atoms with van der Waals surface area (Å²) >= 11 is 0. The maximum Gasteiger partial charge on any atom is 0.0663 e. The van der Waals surface area contributed by atoms with Crippen LogP contribution in [0.15, 0.2) is 0 Å². The summed E-state index contributed by atoms with van der Waals surface area (Å²) < 4.78 is 0. The molecule has 0 bridgehead atoms.